The standard InChI is InChI=1S/C26H30N4O2S/c1-18-24(33-23(28-18)17-20-5-3-2-4-6-20)26(32)29-22-9-7-19(8-10-22)11-14-30-15-12-21(13-16-30)25(27)31/h2-10,21H,11-17H2,1H3,(H2,27,31)(H,29,32). The molecule has 4 rings (SSSR count). The molecule has 7 heteroatoms. The predicted molar refractivity (Wildman–Crippen MR) is 133 cm³/mol. The lowest BCUT2D eigenvalue weighted by Crippen LogP contribution is -2.39. The first-order chi connectivity index (χ1) is 16.0. The summed E-state index contributed by atoms with van der Waals surface area (Å²) in [6.45, 7) is 4.68. The Morgan fingerprint density at radius 2 is 1.76 bits per heavy atom. The molecule has 0 aliphatic carbocycles. The van der Waals surface area contributed by atoms with E-state index in [0.717, 1.165) is 61.7 Å². The van der Waals surface area contributed by atoms with Crippen LogP contribution in [0.3, 0.4) is 0 Å². The molecule has 0 saturated carbocycles. The van der Waals surface area contributed by atoms with E-state index in [1.165, 1.54) is 22.5 Å². The molecule has 3 aromatic rings. The average Bonchev–Trinajstić information content (AvgIpc) is 3.19. The fourth-order valence-corrected chi connectivity index (χ4v) is 5.17. The van der Waals surface area contributed by atoms with Gasteiger partial charge in [0.2, 0.25) is 5.91 Å². The van der Waals surface area contributed by atoms with Crippen LogP contribution in [0.1, 0.15) is 44.3 Å². The van der Waals surface area contributed by atoms with Gasteiger partial charge in [-0.25, -0.2) is 4.98 Å². The van der Waals surface area contributed by atoms with E-state index in [-0.39, 0.29) is 17.7 Å². The number of nitrogens with zero attached hydrogens (tertiary/aromatic N) is 2. The number of thiazole rings is 1. The normalized spacial score (nSPS) is 14.8. The zero-order chi connectivity index (χ0) is 23.2. The highest BCUT2D eigenvalue weighted by Crippen LogP contribution is 2.23. The van der Waals surface area contributed by atoms with Gasteiger partial charge in [-0.1, -0.05) is 42.5 Å². The molecule has 1 aliphatic rings. The second-order valence-corrected chi connectivity index (χ2v) is 9.69. The van der Waals surface area contributed by atoms with Crippen molar-refractivity contribution in [3.8, 4) is 0 Å². The van der Waals surface area contributed by atoms with Gasteiger partial charge in [-0.2, -0.15) is 0 Å². The van der Waals surface area contributed by atoms with Gasteiger partial charge in [-0.15, -0.1) is 11.3 Å². The molecule has 1 saturated heterocycles. The first-order valence-electron chi connectivity index (χ1n) is 11.4. The second-order valence-electron chi connectivity index (χ2n) is 8.60. The van der Waals surface area contributed by atoms with E-state index in [1.807, 2.05) is 37.3 Å². The smallest absolute Gasteiger partial charge is 0.267 e. The maximum Gasteiger partial charge on any atom is 0.267 e. The van der Waals surface area contributed by atoms with Gasteiger partial charge in [-0.3, -0.25) is 9.59 Å². The minimum Gasteiger partial charge on any atom is -0.369 e. The number of aryl methyl sites for hydroxylation is 1. The summed E-state index contributed by atoms with van der Waals surface area (Å²) >= 11 is 1.45. The van der Waals surface area contributed by atoms with E-state index in [0.29, 0.717) is 4.88 Å². The Labute approximate surface area is 198 Å². The highest BCUT2D eigenvalue weighted by Gasteiger charge is 2.22. The summed E-state index contributed by atoms with van der Waals surface area (Å²) in [6.07, 6.45) is 3.37. The van der Waals surface area contributed by atoms with Gasteiger partial charge < -0.3 is 16.0 Å². The summed E-state index contributed by atoms with van der Waals surface area (Å²) in [5, 5.41) is 3.95. The molecule has 0 atom stereocenters. The number of likely N-dealkylation sites (tertiary alicyclic amines) is 1. The third-order valence-corrected chi connectivity index (χ3v) is 7.32. The molecule has 1 aromatic heterocycles. The number of primary amides is 1. The lowest BCUT2D eigenvalue weighted by molar-refractivity contribution is -0.123. The van der Waals surface area contributed by atoms with Gasteiger partial charge in [0.25, 0.3) is 5.91 Å². The monoisotopic (exact) mass is 462 g/mol. The summed E-state index contributed by atoms with van der Waals surface area (Å²) in [4.78, 5) is 31.7. The number of anilines is 1. The molecule has 2 aromatic carbocycles. The predicted octanol–water partition coefficient (Wildman–Crippen LogP) is 4.03. The van der Waals surface area contributed by atoms with Gasteiger partial charge in [0, 0.05) is 24.6 Å². The fourth-order valence-electron chi connectivity index (χ4n) is 4.18. The zero-order valence-corrected chi connectivity index (χ0v) is 19.7. The van der Waals surface area contributed by atoms with Gasteiger partial charge in [0.05, 0.1) is 10.7 Å². The number of rotatable bonds is 8. The van der Waals surface area contributed by atoms with Crippen LogP contribution in [0.5, 0.6) is 0 Å². The molecule has 0 bridgehead atoms. The summed E-state index contributed by atoms with van der Waals surface area (Å²) in [5.74, 6) is -0.261. The number of aromatic nitrogens is 1. The van der Waals surface area contributed by atoms with E-state index in [1.54, 1.807) is 0 Å². The quantitative estimate of drug-likeness (QED) is 0.529. The Kier molecular flexibility index (Phi) is 7.52. The van der Waals surface area contributed by atoms with E-state index < -0.39 is 0 Å². The largest absolute Gasteiger partial charge is 0.369 e. The number of nitrogens with one attached hydrogen (secondary N) is 1. The Balaban J connectivity index is 1.28. The van der Waals surface area contributed by atoms with Crippen LogP contribution in [0, 0.1) is 12.8 Å². The molecular formula is C26H30N4O2S. The van der Waals surface area contributed by atoms with Gasteiger partial charge in [0.15, 0.2) is 0 Å². The zero-order valence-electron chi connectivity index (χ0n) is 18.9. The number of benzene rings is 2. The van der Waals surface area contributed by atoms with Crippen LogP contribution in [0.15, 0.2) is 54.6 Å². The molecule has 0 unspecified atom stereocenters. The molecule has 33 heavy (non-hydrogen) atoms. The molecule has 6 nitrogen and oxygen atoms in total. The van der Waals surface area contributed by atoms with Crippen LogP contribution in [-0.2, 0) is 17.6 Å². The SMILES string of the molecule is Cc1nc(Cc2ccccc2)sc1C(=O)Nc1ccc(CCN2CCC(C(N)=O)CC2)cc1. The lowest BCUT2D eigenvalue weighted by Gasteiger charge is -2.30. The molecule has 2 heterocycles. The Morgan fingerprint density at radius 3 is 2.42 bits per heavy atom. The second kappa shape index (κ2) is 10.7. The summed E-state index contributed by atoms with van der Waals surface area (Å²) in [7, 11) is 0. The average molecular weight is 463 g/mol. The molecule has 0 spiro atoms. The number of piperidine rings is 1. The summed E-state index contributed by atoms with van der Waals surface area (Å²) in [5.41, 5.74) is 9.37. The minimum absolute atomic E-state index is 0.0285. The molecule has 0 radical (unpaired) electrons. The number of carbonyl (C=O) groups excluding carboxylic acids is 2. The maximum atomic E-state index is 12.8. The molecule has 1 aliphatic heterocycles. The van der Waals surface area contributed by atoms with Crippen molar-refractivity contribution in [2.75, 3.05) is 25.0 Å². The maximum absolute atomic E-state index is 12.8. The van der Waals surface area contributed by atoms with Crippen LogP contribution in [0.25, 0.3) is 0 Å². The highest BCUT2D eigenvalue weighted by molar-refractivity contribution is 7.14. The minimum atomic E-state index is -0.173. The van der Waals surface area contributed by atoms with Crippen molar-refractivity contribution in [2.45, 2.75) is 32.6 Å². The summed E-state index contributed by atoms with van der Waals surface area (Å²) in [6, 6.07) is 18.2. The van der Waals surface area contributed by atoms with Crippen LogP contribution >= 0.6 is 11.3 Å². The lowest BCUT2D eigenvalue weighted by atomic mass is 9.96. The molecular weight excluding hydrogens is 432 g/mol. The van der Waals surface area contributed by atoms with Crippen molar-refractivity contribution < 1.29 is 9.59 Å². The first kappa shape index (κ1) is 23.1. The summed E-state index contributed by atoms with van der Waals surface area (Å²) < 4.78 is 0. The van der Waals surface area contributed by atoms with E-state index in [2.05, 4.69) is 39.5 Å². The Morgan fingerprint density at radius 1 is 1.06 bits per heavy atom. The van der Waals surface area contributed by atoms with E-state index in [9.17, 15) is 9.59 Å². The fraction of sp³-hybridized carbons (Fsp3) is 0.346. The molecule has 172 valence electrons. The first-order valence-corrected chi connectivity index (χ1v) is 12.2. The number of carbonyl (C=O) groups is 2. The van der Waals surface area contributed by atoms with Crippen molar-refractivity contribution in [3.63, 3.8) is 0 Å². The van der Waals surface area contributed by atoms with Gasteiger partial charge in [0.1, 0.15) is 4.88 Å². The van der Waals surface area contributed by atoms with Gasteiger partial charge in [-0.05, 0) is 62.5 Å². The third kappa shape index (κ3) is 6.27. The van der Waals surface area contributed by atoms with Crippen molar-refractivity contribution in [2.24, 2.45) is 11.7 Å². The van der Waals surface area contributed by atoms with Crippen molar-refractivity contribution in [1.82, 2.24) is 9.88 Å². The van der Waals surface area contributed by atoms with Crippen LogP contribution in [0.4, 0.5) is 5.69 Å². The number of amides is 2. The van der Waals surface area contributed by atoms with Gasteiger partial charge >= 0.3 is 0 Å². The Bertz CT molecular complexity index is 1090. The van der Waals surface area contributed by atoms with Crippen LogP contribution in [-0.4, -0.2) is 41.3 Å². The molecule has 1 fully saturated rings. The van der Waals surface area contributed by atoms with Crippen LogP contribution in [0.2, 0.25) is 0 Å². The highest BCUT2D eigenvalue weighted by atomic mass is 32.1. The van der Waals surface area contributed by atoms with Crippen molar-refractivity contribution >= 4 is 28.8 Å². The third-order valence-electron chi connectivity index (χ3n) is 6.16. The van der Waals surface area contributed by atoms with Crippen LogP contribution < -0.4 is 11.1 Å². The molecule has 2 amide bonds. The topological polar surface area (TPSA) is 88.3 Å². The van der Waals surface area contributed by atoms with E-state index in [4.69, 9.17) is 5.73 Å². The Hall–Kier alpha value is -3.03. The number of hydrogen-bond acceptors (Lipinski definition) is 5. The van der Waals surface area contributed by atoms with Crippen molar-refractivity contribution in [3.05, 3.63) is 81.3 Å². The number of nitrogens with two attached hydrogens (primary N) is 1. The van der Waals surface area contributed by atoms with E-state index >= 15 is 0 Å². The molecule has 3 N–H and O–H groups in total. The number of hydrogen-bond donors (Lipinski definition) is 2. The van der Waals surface area contributed by atoms with Crippen molar-refractivity contribution in [1.29, 1.82) is 0 Å².